The zero-order chi connectivity index (χ0) is 9.56. The minimum atomic E-state index is -0.868. The lowest BCUT2D eigenvalue weighted by Gasteiger charge is -2.12. The van der Waals surface area contributed by atoms with E-state index < -0.39 is 5.97 Å². The monoisotopic (exact) mass is 188 g/mol. The Bertz CT molecular complexity index is 164. The van der Waals surface area contributed by atoms with Gasteiger partial charge in [0, 0.05) is 17.1 Å². The van der Waals surface area contributed by atoms with Crippen LogP contribution >= 0.6 is 11.8 Å². The zero-order valence-corrected chi connectivity index (χ0v) is 8.60. The first-order valence-corrected chi connectivity index (χ1v) is 5.10. The lowest BCUT2D eigenvalue weighted by Crippen LogP contribution is -2.05. The first kappa shape index (κ1) is 11.6. The summed E-state index contributed by atoms with van der Waals surface area (Å²) in [6, 6.07) is 0. The summed E-state index contributed by atoms with van der Waals surface area (Å²) in [6.07, 6.45) is 2.88. The van der Waals surface area contributed by atoms with Crippen molar-refractivity contribution in [1.29, 1.82) is 0 Å². The lowest BCUT2D eigenvalue weighted by molar-refractivity contribution is -0.131. The van der Waals surface area contributed by atoms with Crippen molar-refractivity contribution < 1.29 is 9.90 Å². The number of carboxylic acid groups (broad SMARTS) is 1. The quantitative estimate of drug-likeness (QED) is 0.673. The summed E-state index contributed by atoms with van der Waals surface area (Å²) in [6.45, 7) is 6.49. The SMILES string of the molecule is CC(C)C(C)SC/C=C/C(=O)O. The molecule has 2 nitrogen and oxygen atoms in total. The van der Waals surface area contributed by atoms with Gasteiger partial charge in [0.15, 0.2) is 0 Å². The van der Waals surface area contributed by atoms with E-state index in [1.807, 2.05) is 0 Å². The predicted molar refractivity (Wildman–Crippen MR) is 53.5 cm³/mol. The number of rotatable bonds is 5. The summed E-state index contributed by atoms with van der Waals surface area (Å²) in [5.41, 5.74) is 0. The number of hydrogen-bond acceptors (Lipinski definition) is 2. The van der Waals surface area contributed by atoms with Gasteiger partial charge >= 0.3 is 5.97 Å². The van der Waals surface area contributed by atoms with Crippen LogP contribution in [0.25, 0.3) is 0 Å². The fraction of sp³-hybridized carbons (Fsp3) is 0.667. The molecule has 3 heteroatoms. The van der Waals surface area contributed by atoms with Crippen LogP contribution in [0.3, 0.4) is 0 Å². The van der Waals surface area contributed by atoms with Crippen molar-refractivity contribution in [2.45, 2.75) is 26.0 Å². The van der Waals surface area contributed by atoms with Crippen molar-refractivity contribution in [3.05, 3.63) is 12.2 Å². The van der Waals surface area contributed by atoms with Crippen LogP contribution in [0.4, 0.5) is 0 Å². The molecule has 0 aromatic rings. The Morgan fingerprint density at radius 2 is 2.08 bits per heavy atom. The van der Waals surface area contributed by atoms with Gasteiger partial charge < -0.3 is 5.11 Å². The third-order valence-corrected chi connectivity index (χ3v) is 3.11. The van der Waals surface area contributed by atoms with Crippen molar-refractivity contribution in [2.24, 2.45) is 5.92 Å². The van der Waals surface area contributed by atoms with Gasteiger partial charge in [-0.2, -0.15) is 11.8 Å². The van der Waals surface area contributed by atoms with Crippen molar-refractivity contribution in [3.63, 3.8) is 0 Å². The molecule has 0 bridgehead atoms. The molecule has 0 aromatic heterocycles. The van der Waals surface area contributed by atoms with E-state index in [9.17, 15) is 4.79 Å². The number of aliphatic carboxylic acids is 1. The molecule has 0 aliphatic carbocycles. The van der Waals surface area contributed by atoms with Crippen LogP contribution in [0.2, 0.25) is 0 Å². The van der Waals surface area contributed by atoms with Crippen LogP contribution < -0.4 is 0 Å². The smallest absolute Gasteiger partial charge is 0.328 e. The average Bonchev–Trinajstić information content (AvgIpc) is 1.97. The molecule has 0 aliphatic heterocycles. The normalized spacial score (nSPS) is 14.0. The second-order valence-electron chi connectivity index (χ2n) is 3.02. The Hall–Kier alpha value is -0.440. The van der Waals surface area contributed by atoms with E-state index >= 15 is 0 Å². The second kappa shape index (κ2) is 6.12. The van der Waals surface area contributed by atoms with Crippen molar-refractivity contribution in [1.82, 2.24) is 0 Å². The minimum Gasteiger partial charge on any atom is -0.478 e. The van der Waals surface area contributed by atoms with Gasteiger partial charge in [-0.15, -0.1) is 0 Å². The Balaban J connectivity index is 3.49. The van der Waals surface area contributed by atoms with Crippen LogP contribution in [-0.4, -0.2) is 22.1 Å². The fourth-order valence-corrected chi connectivity index (χ4v) is 1.44. The number of thioether (sulfide) groups is 1. The van der Waals surface area contributed by atoms with E-state index in [2.05, 4.69) is 20.8 Å². The van der Waals surface area contributed by atoms with Crippen LogP contribution in [-0.2, 0) is 4.79 Å². The topological polar surface area (TPSA) is 37.3 Å². The van der Waals surface area contributed by atoms with Gasteiger partial charge in [-0.05, 0) is 5.92 Å². The van der Waals surface area contributed by atoms with E-state index in [4.69, 9.17) is 5.11 Å². The minimum absolute atomic E-state index is 0.587. The highest BCUT2D eigenvalue weighted by molar-refractivity contribution is 8.00. The molecule has 0 rings (SSSR count). The van der Waals surface area contributed by atoms with Crippen LogP contribution in [0.15, 0.2) is 12.2 Å². The van der Waals surface area contributed by atoms with E-state index in [1.165, 1.54) is 6.08 Å². The summed E-state index contributed by atoms with van der Waals surface area (Å²) in [5, 5.41) is 8.88. The molecule has 0 amide bonds. The predicted octanol–water partition coefficient (Wildman–Crippen LogP) is 2.40. The van der Waals surface area contributed by atoms with Crippen LogP contribution in [0.1, 0.15) is 20.8 Å². The lowest BCUT2D eigenvalue weighted by atomic mass is 10.2. The highest BCUT2D eigenvalue weighted by Gasteiger charge is 2.05. The third-order valence-electron chi connectivity index (χ3n) is 1.65. The molecule has 0 aliphatic rings. The Morgan fingerprint density at radius 1 is 1.50 bits per heavy atom. The summed E-state index contributed by atoms with van der Waals surface area (Å²) in [5.74, 6) is 0.562. The number of carbonyl (C=O) groups is 1. The molecule has 1 unspecified atom stereocenters. The largest absolute Gasteiger partial charge is 0.478 e. The third kappa shape index (κ3) is 6.28. The second-order valence-corrected chi connectivity index (χ2v) is 4.43. The van der Waals surface area contributed by atoms with Gasteiger partial charge in [-0.1, -0.05) is 26.8 Å². The first-order valence-electron chi connectivity index (χ1n) is 4.05. The Labute approximate surface area is 78.0 Å². The average molecular weight is 188 g/mol. The maximum atomic E-state index is 10.1. The van der Waals surface area contributed by atoms with Crippen LogP contribution in [0.5, 0.6) is 0 Å². The molecule has 0 spiro atoms. The van der Waals surface area contributed by atoms with E-state index in [1.54, 1.807) is 17.8 Å². The van der Waals surface area contributed by atoms with Crippen molar-refractivity contribution in [2.75, 3.05) is 5.75 Å². The summed E-state index contributed by atoms with van der Waals surface area (Å²) < 4.78 is 0. The fourth-order valence-electron chi connectivity index (χ4n) is 0.549. The summed E-state index contributed by atoms with van der Waals surface area (Å²) in [4.78, 5) is 10.1. The molecule has 0 saturated carbocycles. The zero-order valence-electron chi connectivity index (χ0n) is 7.78. The van der Waals surface area contributed by atoms with Crippen molar-refractivity contribution >= 4 is 17.7 Å². The van der Waals surface area contributed by atoms with Crippen LogP contribution in [0, 0.1) is 5.92 Å². The Morgan fingerprint density at radius 3 is 2.50 bits per heavy atom. The Kier molecular flexibility index (Phi) is 5.89. The van der Waals surface area contributed by atoms with Gasteiger partial charge in [0.05, 0.1) is 0 Å². The first-order chi connectivity index (χ1) is 5.54. The van der Waals surface area contributed by atoms with Crippen molar-refractivity contribution in [3.8, 4) is 0 Å². The number of hydrogen-bond donors (Lipinski definition) is 1. The number of carboxylic acids is 1. The maximum absolute atomic E-state index is 10.1. The molecule has 1 N–H and O–H groups in total. The van der Waals surface area contributed by atoms with Gasteiger partial charge in [0.1, 0.15) is 0 Å². The van der Waals surface area contributed by atoms with E-state index in [0.29, 0.717) is 11.2 Å². The van der Waals surface area contributed by atoms with Gasteiger partial charge in [0.2, 0.25) is 0 Å². The molecule has 0 saturated heterocycles. The molecule has 0 fully saturated rings. The molecule has 0 radical (unpaired) electrons. The summed E-state index contributed by atoms with van der Waals surface area (Å²) in [7, 11) is 0. The molecule has 12 heavy (non-hydrogen) atoms. The highest BCUT2D eigenvalue weighted by atomic mass is 32.2. The van der Waals surface area contributed by atoms with Gasteiger partial charge in [0.25, 0.3) is 0 Å². The molecule has 70 valence electrons. The molecular formula is C9H16O2S. The van der Waals surface area contributed by atoms with Gasteiger partial charge in [-0.25, -0.2) is 4.79 Å². The molecule has 1 atom stereocenters. The standard InChI is InChI=1S/C9H16O2S/c1-7(2)8(3)12-6-4-5-9(10)11/h4-5,7-8H,6H2,1-3H3,(H,10,11)/b5-4+. The van der Waals surface area contributed by atoms with Gasteiger partial charge in [-0.3, -0.25) is 0 Å². The molecule has 0 aromatic carbocycles. The summed E-state index contributed by atoms with van der Waals surface area (Å²) >= 11 is 1.78. The maximum Gasteiger partial charge on any atom is 0.328 e. The van der Waals surface area contributed by atoms with E-state index in [-0.39, 0.29) is 0 Å². The molecule has 0 heterocycles. The molecular weight excluding hydrogens is 172 g/mol. The highest BCUT2D eigenvalue weighted by Crippen LogP contribution is 2.18. The van der Waals surface area contributed by atoms with E-state index in [0.717, 1.165) is 5.75 Å².